The largest absolute Gasteiger partial charge is 0.416 e. The Hall–Kier alpha value is -4.14. The molecule has 1 aromatic heterocycles. The first kappa shape index (κ1) is 25.0. The maximum atomic E-state index is 13.8. The van der Waals surface area contributed by atoms with Crippen molar-refractivity contribution >= 4 is 17.3 Å². The predicted molar refractivity (Wildman–Crippen MR) is 126 cm³/mol. The highest BCUT2D eigenvalue weighted by atomic mass is 19.4. The van der Waals surface area contributed by atoms with Crippen molar-refractivity contribution in [3.8, 4) is 11.1 Å². The van der Waals surface area contributed by atoms with Crippen LogP contribution in [0.25, 0.3) is 11.1 Å². The predicted octanol–water partition coefficient (Wildman–Crippen LogP) is 7.08. The zero-order chi connectivity index (χ0) is 24.7. The maximum Gasteiger partial charge on any atom is 0.416 e. The summed E-state index contributed by atoms with van der Waals surface area (Å²) in [7, 11) is 0. The van der Waals surface area contributed by atoms with E-state index in [1.54, 1.807) is 24.3 Å². The number of anilines is 2. The van der Waals surface area contributed by atoms with Crippen LogP contribution in [0.3, 0.4) is 0 Å². The van der Waals surface area contributed by atoms with Crippen molar-refractivity contribution in [2.24, 2.45) is 0 Å². The minimum Gasteiger partial charge on any atom is -0.277 e. The molecule has 4 nitrogen and oxygen atoms in total. The van der Waals surface area contributed by atoms with Gasteiger partial charge in [0.2, 0.25) is 5.91 Å². The molecule has 1 aliphatic rings. The van der Waals surface area contributed by atoms with Gasteiger partial charge in [0, 0.05) is 6.07 Å². The van der Waals surface area contributed by atoms with Crippen LogP contribution in [-0.2, 0) is 17.4 Å². The van der Waals surface area contributed by atoms with Gasteiger partial charge in [0.15, 0.2) is 0 Å². The zero-order valence-electron chi connectivity index (χ0n) is 17.9. The van der Waals surface area contributed by atoms with E-state index >= 15 is 0 Å². The normalized spacial score (nSPS) is 15.0. The SMILES string of the molecule is C.O=C1C(Cc2cc(F)cc(F)c2)c2cc(-c3cccc(C(F)(F)F)c3)ccc2N1c1cncnc1. The minimum absolute atomic E-state index is 0. The van der Waals surface area contributed by atoms with Crippen molar-refractivity contribution in [1.29, 1.82) is 0 Å². The number of rotatable bonds is 4. The molecule has 1 aliphatic heterocycles. The monoisotopic (exact) mass is 497 g/mol. The van der Waals surface area contributed by atoms with Crippen LogP contribution < -0.4 is 4.90 Å². The summed E-state index contributed by atoms with van der Waals surface area (Å²) in [6.45, 7) is 0. The number of alkyl halides is 3. The fourth-order valence-electron chi connectivity index (χ4n) is 4.33. The Morgan fingerprint density at radius 3 is 2.19 bits per heavy atom. The van der Waals surface area contributed by atoms with Gasteiger partial charge >= 0.3 is 6.18 Å². The summed E-state index contributed by atoms with van der Waals surface area (Å²) >= 11 is 0. The van der Waals surface area contributed by atoms with Crippen LogP contribution in [0.4, 0.5) is 33.3 Å². The molecule has 1 unspecified atom stereocenters. The van der Waals surface area contributed by atoms with Gasteiger partial charge in [-0.1, -0.05) is 25.6 Å². The fourth-order valence-corrected chi connectivity index (χ4v) is 4.33. The van der Waals surface area contributed by atoms with Crippen LogP contribution in [0, 0.1) is 11.6 Å². The highest BCUT2D eigenvalue weighted by molar-refractivity contribution is 6.10. The Kier molecular flexibility index (Phi) is 6.58. The first-order valence-corrected chi connectivity index (χ1v) is 10.6. The van der Waals surface area contributed by atoms with Gasteiger partial charge in [-0.05, 0) is 65.1 Å². The number of hydrogen-bond donors (Lipinski definition) is 0. The lowest BCUT2D eigenvalue weighted by atomic mass is 9.90. The van der Waals surface area contributed by atoms with Crippen molar-refractivity contribution in [2.75, 3.05) is 4.90 Å². The summed E-state index contributed by atoms with van der Waals surface area (Å²) in [6.07, 6.45) is -0.276. The molecule has 184 valence electrons. The number of carbonyl (C=O) groups excluding carboxylic acids is 1. The topological polar surface area (TPSA) is 46.1 Å². The summed E-state index contributed by atoms with van der Waals surface area (Å²) in [5, 5.41) is 0. The van der Waals surface area contributed by atoms with E-state index in [1.807, 2.05) is 0 Å². The summed E-state index contributed by atoms with van der Waals surface area (Å²) < 4.78 is 67.3. The molecule has 2 heterocycles. The lowest BCUT2D eigenvalue weighted by molar-refractivity contribution is -0.137. The average molecular weight is 497 g/mol. The molecule has 4 aromatic rings. The van der Waals surface area contributed by atoms with Crippen LogP contribution in [0.15, 0.2) is 79.4 Å². The summed E-state index contributed by atoms with van der Waals surface area (Å²) in [5.41, 5.74) is 1.72. The zero-order valence-corrected chi connectivity index (χ0v) is 17.9. The van der Waals surface area contributed by atoms with Gasteiger partial charge in [-0.15, -0.1) is 0 Å². The molecule has 0 fully saturated rings. The Balaban J connectivity index is 0.00000304. The highest BCUT2D eigenvalue weighted by Gasteiger charge is 2.39. The lowest BCUT2D eigenvalue weighted by Gasteiger charge is -2.17. The number of amides is 1. The highest BCUT2D eigenvalue weighted by Crippen LogP contribution is 2.45. The van der Waals surface area contributed by atoms with Gasteiger partial charge in [0.1, 0.15) is 18.0 Å². The van der Waals surface area contributed by atoms with E-state index < -0.39 is 29.3 Å². The molecule has 0 bridgehead atoms. The minimum atomic E-state index is -4.50. The van der Waals surface area contributed by atoms with Crippen molar-refractivity contribution < 1.29 is 26.7 Å². The van der Waals surface area contributed by atoms with Gasteiger partial charge in [0.05, 0.1) is 35.2 Å². The second kappa shape index (κ2) is 9.49. The second-order valence-electron chi connectivity index (χ2n) is 8.16. The van der Waals surface area contributed by atoms with E-state index in [0.29, 0.717) is 28.1 Å². The van der Waals surface area contributed by atoms with Crippen molar-refractivity contribution in [1.82, 2.24) is 9.97 Å². The Morgan fingerprint density at radius 1 is 0.861 bits per heavy atom. The third-order valence-corrected chi connectivity index (χ3v) is 5.85. The first-order valence-electron chi connectivity index (χ1n) is 10.6. The number of fused-ring (bicyclic) bond motifs is 1. The number of carbonyl (C=O) groups is 1. The van der Waals surface area contributed by atoms with Crippen LogP contribution in [0.1, 0.15) is 30.0 Å². The van der Waals surface area contributed by atoms with Crippen LogP contribution in [0.5, 0.6) is 0 Å². The molecular weight excluding hydrogens is 477 g/mol. The summed E-state index contributed by atoms with van der Waals surface area (Å²) in [4.78, 5) is 22.8. The molecule has 0 N–H and O–H groups in total. The van der Waals surface area contributed by atoms with E-state index in [9.17, 15) is 26.7 Å². The second-order valence-corrected chi connectivity index (χ2v) is 8.16. The number of halogens is 5. The quantitative estimate of drug-likeness (QED) is 0.283. The molecule has 5 rings (SSSR count). The van der Waals surface area contributed by atoms with Gasteiger partial charge in [-0.2, -0.15) is 13.2 Å². The first-order chi connectivity index (χ1) is 16.7. The molecule has 0 spiro atoms. The molecule has 0 radical (unpaired) electrons. The molecule has 1 atom stereocenters. The van der Waals surface area contributed by atoms with Crippen LogP contribution in [-0.4, -0.2) is 15.9 Å². The molecule has 9 heteroatoms. The third-order valence-electron chi connectivity index (χ3n) is 5.85. The molecule has 1 amide bonds. The van der Waals surface area contributed by atoms with Gasteiger partial charge in [-0.3, -0.25) is 9.69 Å². The van der Waals surface area contributed by atoms with Crippen LogP contribution >= 0.6 is 0 Å². The summed E-state index contributed by atoms with van der Waals surface area (Å²) in [5.74, 6) is -2.72. The van der Waals surface area contributed by atoms with Gasteiger partial charge < -0.3 is 0 Å². The molecular formula is C27H20F5N3O. The van der Waals surface area contributed by atoms with Crippen LogP contribution in [0.2, 0.25) is 0 Å². The standard InChI is InChI=1S/C26H16F5N3O.CH4/c27-19-6-15(7-20(28)11-19)8-23-22-10-17(16-2-1-3-18(9-16)26(29,30)31)4-5-24(22)34(25(23)35)21-12-32-14-33-13-21;/h1-7,9-14,23H,8H2;1H4. The molecule has 0 saturated carbocycles. The molecule has 36 heavy (non-hydrogen) atoms. The number of aromatic nitrogens is 2. The average Bonchev–Trinajstić information content (AvgIpc) is 3.09. The number of hydrogen-bond acceptors (Lipinski definition) is 3. The Labute approximate surface area is 204 Å². The smallest absolute Gasteiger partial charge is 0.277 e. The molecule has 0 saturated heterocycles. The van der Waals surface area contributed by atoms with E-state index in [-0.39, 0.29) is 25.3 Å². The van der Waals surface area contributed by atoms with Gasteiger partial charge in [-0.25, -0.2) is 18.7 Å². The fraction of sp³-hybridized carbons (Fsp3) is 0.148. The number of nitrogens with zero attached hydrogens (tertiary/aromatic N) is 3. The Morgan fingerprint density at radius 2 is 1.53 bits per heavy atom. The van der Waals surface area contributed by atoms with E-state index in [1.165, 1.54) is 29.7 Å². The number of benzene rings is 3. The van der Waals surface area contributed by atoms with E-state index in [0.717, 1.165) is 30.3 Å². The van der Waals surface area contributed by atoms with Crippen molar-refractivity contribution in [2.45, 2.75) is 25.9 Å². The molecule has 3 aromatic carbocycles. The summed E-state index contributed by atoms with van der Waals surface area (Å²) in [6, 6.07) is 12.9. The molecule has 0 aliphatic carbocycles. The van der Waals surface area contributed by atoms with E-state index in [2.05, 4.69) is 9.97 Å². The Bertz CT molecular complexity index is 1400. The van der Waals surface area contributed by atoms with Crippen molar-refractivity contribution in [3.63, 3.8) is 0 Å². The van der Waals surface area contributed by atoms with Gasteiger partial charge in [0.25, 0.3) is 0 Å². The van der Waals surface area contributed by atoms with E-state index in [4.69, 9.17) is 0 Å². The third kappa shape index (κ3) is 4.68. The van der Waals surface area contributed by atoms with Crippen molar-refractivity contribution in [3.05, 3.63) is 108 Å². The maximum absolute atomic E-state index is 13.8. The lowest BCUT2D eigenvalue weighted by Crippen LogP contribution is -2.25.